The summed E-state index contributed by atoms with van der Waals surface area (Å²) in [5.41, 5.74) is 8.98. The van der Waals surface area contributed by atoms with Crippen LogP contribution in [0.2, 0.25) is 0 Å². The smallest absolute Gasteiger partial charge is 0.0541 e. The molecule has 7 rings (SSSR count). The zero-order valence-electron chi connectivity index (χ0n) is 18.6. The van der Waals surface area contributed by atoms with Crippen LogP contribution in [0.3, 0.4) is 0 Å². The number of benzene rings is 4. The fraction of sp³-hybridized carbons (Fsp3) is 0.0968. The molecule has 0 fully saturated rings. The summed E-state index contributed by atoms with van der Waals surface area (Å²) in [4.78, 5) is 0. The third-order valence-electron chi connectivity index (χ3n) is 7.12. The first-order chi connectivity index (χ1) is 16.3. The van der Waals surface area contributed by atoms with E-state index in [9.17, 15) is 0 Å². The zero-order chi connectivity index (χ0) is 21.9. The second kappa shape index (κ2) is 6.98. The molecule has 0 saturated heterocycles. The van der Waals surface area contributed by atoms with Gasteiger partial charge in [0.2, 0.25) is 0 Å². The second-order valence-electron chi connectivity index (χ2n) is 9.08. The fourth-order valence-electron chi connectivity index (χ4n) is 5.68. The highest BCUT2D eigenvalue weighted by Crippen LogP contribution is 2.41. The van der Waals surface area contributed by atoms with Crippen molar-refractivity contribution in [3.63, 3.8) is 0 Å². The van der Waals surface area contributed by atoms with Crippen molar-refractivity contribution in [3.05, 3.63) is 114 Å². The van der Waals surface area contributed by atoms with E-state index < -0.39 is 0 Å². The maximum absolute atomic E-state index is 2.47. The summed E-state index contributed by atoms with van der Waals surface area (Å²) < 4.78 is 4.88. The Morgan fingerprint density at radius 2 is 1.24 bits per heavy atom. The van der Waals surface area contributed by atoms with Gasteiger partial charge in [-0.2, -0.15) is 0 Å². The van der Waals surface area contributed by atoms with E-state index in [0.717, 1.165) is 6.42 Å². The van der Waals surface area contributed by atoms with E-state index in [2.05, 4.69) is 125 Å². The third-order valence-corrected chi connectivity index (χ3v) is 7.12. The van der Waals surface area contributed by atoms with Gasteiger partial charge in [0, 0.05) is 44.7 Å². The average Bonchev–Trinajstić information content (AvgIpc) is 3.38. The highest BCUT2D eigenvalue weighted by molar-refractivity contribution is 6.09. The van der Waals surface area contributed by atoms with Gasteiger partial charge in [0.15, 0.2) is 0 Å². The molecule has 158 valence electrons. The van der Waals surface area contributed by atoms with Crippen molar-refractivity contribution in [2.75, 3.05) is 0 Å². The van der Waals surface area contributed by atoms with Crippen LogP contribution in [0, 0.1) is 0 Å². The molecule has 4 aromatic carbocycles. The van der Waals surface area contributed by atoms with Crippen molar-refractivity contribution in [1.82, 2.24) is 9.13 Å². The second-order valence-corrected chi connectivity index (χ2v) is 9.08. The van der Waals surface area contributed by atoms with Crippen molar-refractivity contribution in [2.45, 2.75) is 19.3 Å². The number of fused-ring (bicyclic) bond motifs is 6. The van der Waals surface area contributed by atoms with Gasteiger partial charge in [0.05, 0.1) is 16.6 Å². The maximum atomic E-state index is 2.47. The number of rotatable bonds is 2. The van der Waals surface area contributed by atoms with Crippen LogP contribution in [0.5, 0.6) is 0 Å². The maximum Gasteiger partial charge on any atom is 0.0541 e. The summed E-state index contributed by atoms with van der Waals surface area (Å²) in [5, 5.41) is 3.91. The van der Waals surface area contributed by atoms with Gasteiger partial charge in [-0.1, -0.05) is 73.7 Å². The van der Waals surface area contributed by atoms with Crippen LogP contribution in [0.4, 0.5) is 0 Å². The van der Waals surface area contributed by atoms with Gasteiger partial charge < -0.3 is 9.13 Å². The summed E-state index contributed by atoms with van der Waals surface area (Å²) >= 11 is 0. The number of hydrogen-bond donors (Lipinski definition) is 0. The number of nitrogens with zero attached hydrogens (tertiary/aromatic N) is 2. The first-order valence-electron chi connectivity index (χ1n) is 11.7. The quantitative estimate of drug-likeness (QED) is 0.265. The van der Waals surface area contributed by atoms with Crippen LogP contribution in [0.1, 0.15) is 30.5 Å². The summed E-state index contributed by atoms with van der Waals surface area (Å²) in [6, 6.07) is 35.2. The van der Waals surface area contributed by atoms with Gasteiger partial charge in [0.1, 0.15) is 0 Å². The Balaban J connectivity index is 1.57. The van der Waals surface area contributed by atoms with Crippen LogP contribution in [0.25, 0.3) is 50.2 Å². The van der Waals surface area contributed by atoms with Gasteiger partial charge in [-0.25, -0.2) is 0 Å². The molecule has 2 heterocycles. The Labute approximate surface area is 193 Å². The highest BCUT2D eigenvalue weighted by Gasteiger charge is 2.24. The number of hydrogen-bond acceptors (Lipinski definition) is 0. The number of para-hydroxylation sites is 3. The molecular weight excluding hydrogens is 400 g/mol. The molecule has 0 spiro atoms. The lowest BCUT2D eigenvalue weighted by Crippen LogP contribution is -2.06. The molecule has 1 unspecified atom stereocenters. The van der Waals surface area contributed by atoms with E-state index >= 15 is 0 Å². The Hall–Kier alpha value is -4.04. The van der Waals surface area contributed by atoms with Gasteiger partial charge in [-0.3, -0.25) is 0 Å². The van der Waals surface area contributed by atoms with Gasteiger partial charge >= 0.3 is 0 Å². The minimum absolute atomic E-state index is 0.481. The van der Waals surface area contributed by atoms with Crippen molar-refractivity contribution < 1.29 is 0 Å². The first kappa shape index (κ1) is 18.5. The molecule has 0 N–H and O–H groups in total. The number of allylic oxidation sites excluding steroid dienone is 1. The zero-order valence-corrected chi connectivity index (χ0v) is 18.6. The largest absolute Gasteiger partial charge is 0.313 e. The van der Waals surface area contributed by atoms with Crippen LogP contribution in [-0.2, 0) is 0 Å². The van der Waals surface area contributed by atoms with Crippen molar-refractivity contribution >= 4 is 38.8 Å². The van der Waals surface area contributed by atoms with Crippen molar-refractivity contribution in [1.29, 1.82) is 0 Å². The van der Waals surface area contributed by atoms with E-state index in [1.807, 2.05) is 0 Å². The molecule has 0 saturated carbocycles. The van der Waals surface area contributed by atoms with E-state index in [-0.39, 0.29) is 0 Å². The van der Waals surface area contributed by atoms with Gasteiger partial charge in [-0.05, 0) is 48.9 Å². The Morgan fingerprint density at radius 3 is 1.97 bits per heavy atom. The molecule has 0 bridgehead atoms. The third kappa shape index (κ3) is 2.61. The molecule has 2 aromatic heterocycles. The van der Waals surface area contributed by atoms with E-state index in [4.69, 9.17) is 0 Å². The summed E-state index contributed by atoms with van der Waals surface area (Å²) in [6.45, 7) is 2.34. The summed E-state index contributed by atoms with van der Waals surface area (Å²) in [7, 11) is 0. The van der Waals surface area contributed by atoms with Crippen molar-refractivity contribution in [2.24, 2.45) is 0 Å². The molecule has 1 atom stereocenters. The lowest BCUT2D eigenvalue weighted by molar-refractivity contribution is 0.723. The van der Waals surface area contributed by atoms with E-state index in [1.165, 1.54) is 55.3 Å². The Morgan fingerprint density at radius 1 is 0.606 bits per heavy atom. The minimum Gasteiger partial charge on any atom is -0.313 e. The molecule has 0 aliphatic heterocycles. The minimum atomic E-state index is 0.481. The molecule has 0 radical (unpaired) electrons. The SMILES string of the molecule is CC1CC=Cc2c1n(-c1ccccc1)c1ccc(-n3c4ccccc4c4ccccc43)cc21. The predicted molar refractivity (Wildman–Crippen MR) is 140 cm³/mol. The number of aromatic nitrogens is 2. The molecule has 2 nitrogen and oxygen atoms in total. The predicted octanol–water partition coefficient (Wildman–Crippen LogP) is 8.25. The normalized spacial score (nSPS) is 15.5. The first-order valence-corrected chi connectivity index (χ1v) is 11.7. The summed E-state index contributed by atoms with van der Waals surface area (Å²) in [6.07, 6.45) is 5.73. The van der Waals surface area contributed by atoms with Gasteiger partial charge in [-0.15, -0.1) is 0 Å². The van der Waals surface area contributed by atoms with E-state index in [1.54, 1.807) is 0 Å². The standard InChI is InChI=1S/C31H24N2/c1-21-10-9-15-26-27-20-23(18-19-30(27)33(31(21)26)22-11-3-2-4-12-22)32-28-16-7-5-13-24(28)25-14-6-8-17-29(25)32/h2-9,11-21H,10H2,1H3. The van der Waals surface area contributed by atoms with Crippen LogP contribution < -0.4 is 0 Å². The molecule has 33 heavy (non-hydrogen) atoms. The average molecular weight is 425 g/mol. The molecule has 0 amide bonds. The molecule has 1 aliphatic rings. The molecule has 6 aromatic rings. The summed E-state index contributed by atoms with van der Waals surface area (Å²) in [5.74, 6) is 0.481. The molecule has 1 aliphatic carbocycles. The van der Waals surface area contributed by atoms with Crippen molar-refractivity contribution in [3.8, 4) is 11.4 Å². The highest BCUT2D eigenvalue weighted by atomic mass is 15.0. The lowest BCUT2D eigenvalue weighted by atomic mass is 9.93. The lowest BCUT2D eigenvalue weighted by Gasteiger charge is -2.19. The van der Waals surface area contributed by atoms with E-state index in [0.29, 0.717) is 5.92 Å². The Kier molecular flexibility index (Phi) is 3.92. The Bertz CT molecular complexity index is 1640. The topological polar surface area (TPSA) is 9.86 Å². The van der Waals surface area contributed by atoms with Crippen LogP contribution >= 0.6 is 0 Å². The fourth-order valence-corrected chi connectivity index (χ4v) is 5.68. The van der Waals surface area contributed by atoms with Crippen LogP contribution in [0.15, 0.2) is 103 Å². The monoisotopic (exact) mass is 424 g/mol. The molecular formula is C31H24N2. The van der Waals surface area contributed by atoms with Crippen LogP contribution in [-0.4, -0.2) is 9.13 Å². The molecule has 2 heteroatoms. The van der Waals surface area contributed by atoms with Gasteiger partial charge in [0.25, 0.3) is 0 Å².